The highest BCUT2D eigenvalue weighted by Gasteiger charge is 2.18. The van der Waals surface area contributed by atoms with Crippen molar-refractivity contribution in [2.45, 2.75) is 111 Å². The average Bonchev–Trinajstić information content (AvgIpc) is 2.43. The molecule has 2 atom stereocenters. The predicted molar refractivity (Wildman–Crippen MR) is 89.7 cm³/mol. The lowest BCUT2D eigenvalue weighted by atomic mass is 9.79. The minimum Gasteiger partial charge on any atom is -0.0654 e. The van der Waals surface area contributed by atoms with Crippen molar-refractivity contribution in [2.24, 2.45) is 11.8 Å². The normalized spacial score (nSPS) is 14.5. The smallest absolute Gasteiger partial charge is 0.0386 e. The van der Waals surface area contributed by atoms with Gasteiger partial charge in [-0.05, 0) is 11.8 Å². The second-order valence-electron chi connectivity index (χ2n) is 6.42. The zero-order valence-corrected chi connectivity index (χ0v) is 14.3. The summed E-state index contributed by atoms with van der Waals surface area (Å²) in [5.74, 6) is 2.04. The van der Waals surface area contributed by atoms with Crippen LogP contribution in [0.25, 0.3) is 0 Å². The first-order valence-corrected chi connectivity index (χ1v) is 9.29. The average molecular weight is 269 g/mol. The molecule has 0 fully saturated rings. The molecular weight excluding hydrogens is 228 g/mol. The van der Waals surface area contributed by atoms with E-state index in [1.165, 1.54) is 83.5 Å². The van der Waals surface area contributed by atoms with E-state index in [-0.39, 0.29) is 0 Å². The Bertz CT molecular complexity index is 161. The number of hydrogen-bond acceptors (Lipinski definition) is 0. The molecule has 0 heteroatoms. The molecule has 0 rings (SSSR count). The number of rotatable bonds is 14. The summed E-state index contributed by atoms with van der Waals surface area (Å²) in [7, 11) is 0. The van der Waals surface area contributed by atoms with Crippen molar-refractivity contribution in [1.82, 2.24) is 0 Å². The number of hydrogen-bond donors (Lipinski definition) is 0. The zero-order chi connectivity index (χ0) is 14.3. The van der Waals surface area contributed by atoms with Crippen LogP contribution in [0.1, 0.15) is 111 Å². The molecule has 0 aliphatic carbocycles. The van der Waals surface area contributed by atoms with Gasteiger partial charge in [-0.15, -0.1) is 0 Å². The molecule has 0 aromatic rings. The molecule has 0 spiro atoms. The van der Waals surface area contributed by atoms with Crippen LogP contribution in [0.2, 0.25) is 0 Å². The minimum atomic E-state index is 1.01. The lowest BCUT2D eigenvalue weighted by Gasteiger charge is -2.26. The summed E-state index contributed by atoms with van der Waals surface area (Å²) in [5.41, 5.74) is 0. The van der Waals surface area contributed by atoms with E-state index in [0.29, 0.717) is 0 Å². The van der Waals surface area contributed by atoms with E-state index in [0.717, 1.165) is 11.8 Å². The van der Waals surface area contributed by atoms with Crippen LogP contribution >= 0.6 is 0 Å². The van der Waals surface area contributed by atoms with Crippen LogP contribution in [-0.4, -0.2) is 0 Å². The second kappa shape index (κ2) is 14.4. The number of unbranched alkanes of at least 4 members (excludes halogenated alkanes) is 6. The van der Waals surface area contributed by atoms with Crippen molar-refractivity contribution >= 4 is 0 Å². The summed E-state index contributed by atoms with van der Waals surface area (Å²) in [5, 5.41) is 0. The van der Waals surface area contributed by atoms with Crippen LogP contribution < -0.4 is 0 Å². The highest BCUT2D eigenvalue weighted by atomic mass is 14.2. The van der Waals surface area contributed by atoms with E-state index in [1.807, 2.05) is 0 Å². The zero-order valence-electron chi connectivity index (χ0n) is 14.3. The largest absolute Gasteiger partial charge is 0.0654 e. The van der Waals surface area contributed by atoms with Gasteiger partial charge in [0, 0.05) is 0 Å². The van der Waals surface area contributed by atoms with Gasteiger partial charge in [-0.2, -0.15) is 0 Å². The van der Waals surface area contributed by atoms with Gasteiger partial charge in [0.25, 0.3) is 0 Å². The monoisotopic (exact) mass is 268 g/mol. The van der Waals surface area contributed by atoms with Crippen LogP contribution in [0.5, 0.6) is 0 Å². The van der Waals surface area contributed by atoms with Crippen LogP contribution in [0.4, 0.5) is 0 Å². The first-order valence-electron chi connectivity index (χ1n) is 9.29. The maximum atomic E-state index is 2.42. The van der Waals surface area contributed by atoms with Gasteiger partial charge < -0.3 is 0 Å². The molecule has 0 nitrogen and oxygen atoms in total. The molecule has 0 heterocycles. The van der Waals surface area contributed by atoms with Gasteiger partial charge in [0.15, 0.2) is 0 Å². The van der Waals surface area contributed by atoms with Crippen LogP contribution in [-0.2, 0) is 0 Å². The maximum absolute atomic E-state index is 2.42. The second-order valence-corrected chi connectivity index (χ2v) is 6.42. The molecule has 0 aliphatic rings. The van der Waals surface area contributed by atoms with Crippen molar-refractivity contribution < 1.29 is 0 Å². The summed E-state index contributed by atoms with van der Waals surface area (Å²) < 4.78 is 0. The molecule has 0 amide bonds. The first-order chi connectivity index (χ1) is 9.29. The van der Waals surface area contributed by atoms with E-state index in [2.05, 4.69) is 27.7 Å². The summed E-state index contributed by atoms with van der Waals surface area (Å²) in [6, 6.07) is 0. The van der Waals surface area contributed by atoms with Gasteiger partial charge in [-0.3, -0.25) is 0 Å². The molecule has 0 aromatic heterocycles. The van der Waals surface area contributed by atoms with E-state index in [9.17, 15) is 0 Å². The maximum Gasteiger partial charge on any atom is -0.0386 e. The molecule has 116 valence electrons. The Kier molecular flexibility index (Phi) is 14.4. The molecular formula is C19H40. The molecule has 0 radical (unpaired) electrons. The molecule has 0 bridgehead atoms. The van der Waals surface area contributed by atoms with Crippen molar-refractivity contribution in [1.29, 1.82) is 0 Å². The van der Waals surface area contributed by atoms with Crippen LogP contribution in [0.3, 0.4) is 0 Å². The fraction of sp³-hybridized carbons (Fsp3) is 1.00. The molecule has 0 aliphatic heterocycles. The highest BCUT2D eigenvalue weighted by Crippen LogP contribution is 2.31. The van der Waals surface area contributed by atoms with Gasteiger partial charge in [-0.25, -0.2) is 0 Å². The fourth-order valence-electron chi connectivity index (χ4n) is 3.35. The third-order valence-corrected chi connectivity index (χ3v) is 4.73. The Balaban J connectivity index is 4.10. The van der Waals surface area contributed by atoms with Gasteiger partial charge in [0.2, 0.25) is 0 Å². The Morgan fingerprint density at radius 3 is 1.47 bits per heavy atom. The predicted octanol–water partition coefficient (Wildman–Crippen LogP) is 7.37. The molecule has 0 saturated carbocycles. The highest BCUT2D eigenvalue weighted by molar-refractivity contribution is 4.70. The van der Waals surface area contributed by atoms with Crippen molar-refractivity contribution in [3.05, 3.63) is 0 Å². The Morgan fingerprint density at radius 2 is 0.947 bits per heavy atom. The Hall–Kier alpha value is 0. The van der Waals surface area contributed by atoms with Gasteiger partial charge in [-0.1, -0.05) is 111 Å². The first kappa shape index (κ1) is 19.0. The van der Waals surface area contributed by atoms with E-state index < -0.39 is 0 Å². The van der Waals surface area contributed by atoms with Crippen molar-refractivity contribution in [3.63, 3.8) is 0 Å². The van der Waals surface area contributed by atoms with Crippen molar-refractivity contribution in [2.75, 3.05) is 0 Å². The van der Waals surface area contributed by atoms with Crippen LogP contribution in [0.15, 0.2) is 0 Å². The summed E-state index contributed by atoms with van der Waals surface area (Å²) in [4.78, 5) is 0. The lowest BCUT2D eigenvalue weighted by molar-refractivity contribution is 0.251. The molecule has 0 saturated heterocycles. The quantitative estimate of drug-likeness (QED) is 0.288. The third-order valence-electron chi connectivity index (χ3n) is 4.73. The summed E-state index contributed by atoms with van der Waals surface area (Å²) >= 11 is 0. The molecule has 0 aromatic carbocycles. The molecule has 2 unspecified atom stereocenters. The van der Waals surface area contributed by atoms with Crippen LogP contribution in [0, 0.1) is 11.8 Å². The molecule has 19 heavy (non-hydrogen) atoms. The van der Waals surface area contributed by atoms with Gasteiger partial charge in [0.1, 0.15) is 0 Å². The van der Waals surface area contributed by atoms with E-state index in [4.69, 9.17) is 0 Å². The van der Waals surface area contributed by atoms with E-state index in [1.54, 1.807) is 0 Å². The van der Waals surface area contributed by atoms with Crippen molar-refractivity contribution in [3.8, 4) is 0 Å². The standard InChI is InChI=1S/C19H40/c1-5-9-12-14-17-19(16-13-10-6-2)18(8-4)15-11-7-3/h18-19H,5-17H2,1-4H3. The Morgan fingerprint density at radius 1 is 0.474 bits per heavy atom. The summed E-state index contributed by atoms with van der Waals surface area (Å²) in [6.07, 6.45) is 18.7. The van der Waals surface area contributed by atoms with Gasteiger partial charge in [0.05, 0.1) is 0 Å². The lowest BCUT2D eigenvalue weighted by Crippen LogP contribution is -2.15. The fourth-order valence-corrected chi connectivity index (χ4v) is 3.35. The molecule has 0 N–H and O–H groups in total. The van der Waals surface area contributed by atoms with E-state index >= 15 is 0 Å². The topological polar surface area (TPSA) is 0 Å². The summed E-state index contributed by atoms with van der Waals surface area (Å²) in [6.45, 7) is 9.39. The van der Waals surface area contributed by atoms with Gasteiger partial charge >= 0.3 is 0 Å². The third kappa shape index (κ3) is 10.4. The Labute approximate surface area is 123 Å². The SMILES string of the molecule is CCCCCCC(CCCCC)C(CC)CCCC. The minimum absolute atomic E-state index is 1.01.